The zero-order valence-electron chi connectivity index (χ0n) is 35.7. The van der Waals surface area contributed by atoms with Gasteiger partial charge in [0, 0.05) is 68.4 Å². The normalized spacial score (nSPS) is 22.6. The maximum Gasteiger partial charge on any atom is 0.416 e. The van der Waals surface area contributed by atoms with Crippen LogP contribution >= 0.6 is 11.3 Å². The molecule has 1 aromatic carbocycles. The molecule has 14 nitrogen and oxygen atoms in total. The highest BCUT2D eigenvalue weighted by molar-refractivity contribution is 7.09. The number of halogens is 6. The summed E-state index contributed by atoms with van der Waals surface area (Å²) in [5.41, 5.74) is -5.11. The predicted octanol–water partition coefficient (Wildman–Crippen LogP) is 5.98. The van der Waals surface area contributed by atoms with Gasteiger partial charge in [-0.15, -0.1) is 11.3 Å². The second-order valence-corrected chi connectivity index (χ2v) is 19.5. The minimum absolute atomic E-state index is 0.0320. The number of hydrogen-bond donors (Lipinski definition) is 2. The third-order valence-electron chi connectivity index (χ3n) is 14.3. The lowest BCUT2D eigenvalue weighted by Crippen LogP contribution is -2.67. The molecule has 2 aliphatic carbocycles. The van der Waals surface area contributed by atoms with Gasteiger partial charge < -0.3 is 29.9 Å². The second kappa shape index (κ2) is 17.6. The number of ether oxygens (including phenoxy) is 1. The molecule has 3 aromatic rings. The van der Waals surface area contributed by atoms with Crippen molar-refractivity contribution in [1.82, 2.24) is 34.8 Å². The average molecular weight is 936 g/mol. The van der Waals surface area contributed by atoms with Crippen LogP contribution in [0, 0.1) is 22.2 Å². The van der Waals surface area contributed by atoms with E-state index in [-0.39, 0.29) is 63.7 Å². The number of carboxylic acid groups (broad SMARTS) is 1. The monoisotopic (exact) mass is 935 g/mol. The highest BCUT2D eigenvalue weighted by atomic mass is 32.1. The van der Waals surface area contributed by atoms with Crippen LogP contribution in [0.25, 0.3) is 0 Å². The topological polar surface area (TPSA) is 167 Å². The molecule has 1 spiro atoms. The van der Waals surface area contributed by atoms with Gasteiger partial charge in [-0.3, -0.25) is 28.7 Å². The Bertz CT molecular complexity index is 2240. The van der Waals surface area contributed by atoms with E-state index >= 15 is 0 Å². The summed E-state index contributed by atoms with van der Waals surface area (Å²) >= 11 is 1.53. The minimum Gasteiger partial charge on any atom is -0.481 e. The van der Waals surface area contributed by atoms with Gasteiger partial charge in [-0.1, -0.05) is 31.4 Å². The summed E-state index contributed by atoms with van der Waals surface area (Å²) in [5, 5.41) is 20.2. The number of rotatable bonds is 13. The van der Waals surface area contributed by atoms with Crippen LogP contribution < -0.4 is 5.32 Å². The number of amides is 4. The maximum atomic E-state index is 14.7. The van der Waals surface area contributed by atoms with Crippen LogP contribution in [-0.4, -0.2) is 128 Å². The van der Waals surface area contributed by atoms with E-state index in [1.54, 1.807) is 18.0 Å². The number of carbonyl (C=O) groups excluding carboxylic acids is 4. The second-order valence-electron chi connectivity index (χ2n) is 18.6. The van der Waals surface area contributed by atoms with Crippen molar-refractivity contribution in [3.63, 3.8) is 0 Å². The number of carboxylic acids is 1. The van der Waals surface area contributed by atoms with Gasteiger partial charge >= 0.3 is 18.3 Å². The van der Waals surface area contributed by atoms with Gasteiger partial charge in [0.2, 0.25) is 17.7 Å². The van der Waals surface area contributed by atoms with E-state index in [9.17, 15) is 55.4 Å². The molecule has 2 N–H and O–H groups in total. The molecule has 3 aliphatic heterocycles. The first-order valence-corrected chi connectivity index (χ1v) is 22.8. The molecule has 2 saturated carbocycles. The van der Waals surface area contributed by atoms with E-state index in [1.807, 2.05) is 5.38 Å². The van der Waals surface area contributed by atoms with E-state index in [0.717, 1.165) is 28.5 Å². The minimum atomic E-state index is -4.77. The summed E-state index contributed by atoms with van der Waals surface area (Å²) in [5.74, 6) is -4.77. The fourth-order valence-corrected chi connectivity index (χ4v) is 10.9. The molecule has 2 aromatic heterocycles. The molecule has 4 amide bonds. The zero-order chi connectivity index (χ0) is 46.5. The number of aromatic nitrogens is 3. The van der Waals surface area contributed by atoms with Gasteiger partial charge in [0.15, 0.2) is 0 Å². The lowest BCUT2D eigenvalue weighted by atomic mass is 9.70. The first-order valence-electron chi connectivity index (χ1n) is 21.9. The Kier molecular flexibility index (Phi) is 12.6. The van der Waals surface area contributed by atoms with Crippen molar-refractivity contribution in [2.75, 3.05) is 45.9 Å². The maximum absolute atomic E-state index is 14.7. The Morgan fingerprint density at radius 1 is 0.923 bits per heavy atom. The Labute approximate surface area is 374 Å². The number of carbonyl (C=O) groups is 5. The number of thiazole rings is 1. The average Bonchev–Trinajstić information content (AvgIpc) is 3.55. The third kappa shape index (κ3) is 9.23. The Morgan fingerprint density at radius 3 is 2.17 bits per heavy atom. The number of nitrogens with zero attached hydrogens (tertiary/aromatic N) is 6. The van der Waals surface area contributed by atoms with E-state index < -0.39 is 81.8 Å². The summed E-state index contributed by atoms with van der Waals surface area (Å²) in [7, 11) is 0. The molecule has 8 rings (SSSR count). The van der Waals surface area contributed by atoms with Crippen LogP contribution in [0.5, 0.6) is 0 Å². The van der Waals surface area contributed by atoms with E-state index in [2.05, 4.69) is 15.4 Å². The van der Waals surface area contributed by atoms with Crippen molar-refractivity contribution in [2.24, 2.45) is 22.2 Å². The van der Waals surface area contributed by atoms with Crippen LogP contribution in [0.1, 0.15) is 97.1 Å². The number of piperidine rings is 1. The first-order chi connectivity index (χ1) is 30.7. The van der Waals surface area contributed by atoms with Crippen LogP contribution in [0.3, 0.4) is 0 Å². The Hall–Kier alpha value is -5.05. The molecular weight excluding hydrogens is 885 g/mol. The first kappa shape index (κ1) is 46.5. The lowest BCUT2D eigenvalue weighted by Gasteiger charge is -2.51. The molecule has 5 heterocycles. The molecule has 0 radical (unpaired) electrons. The number of nitrogens with one attached hydrogen (secondary N) is 1. The lowest BCUT2D eigenvalue weighted by molar-refractivity contribution is -0.205. The van der Waals surface area contributed by atoms with Crippen LogP contribution in [0.15, 0.2) is 48.2 Å². The fraction of sp³-hybridized carbons (Fsp3) is 0.614. The molecule has 3 atom stereocenters. The van der Waals surface area contributed by atoms with E-state index in [1.165, 1.54) is 45.4 Å². The highest BCUT2D eigenvalue weighted by Crippen LogP contribution is 2.60. The van der Waals surface area contributed by atoms with Gasteiger partial charge in [-0.25, -0.2) is 4.98 Å². The van der Waals surface area contributed by atoms with Crippen molar-refractivity contribution < 1.29 is 60.2 Å². The number of likely N-dealkylation sites (tertiary alicyclic amines) is 3. The summed E-state index contributed by atoms with van der Waals surface area (Å²) in [6.07, 6.45) is -2.34. The van der Waals surface area contributed by atoms with Gasteiger partial charge in [0.25, 0.3) is 5.91 Å². The summed E-state index contributed by atoms with van der Waals surface area (Å²) in [6.45, 7) is 1.26. The third-order valence-corrected chi connectivity index (χ3v) is 15.2. The molecule has 21 heteroatoms. The van der Waals surface area contributed by atoms with Crippen LogP contribution in [-0.2, 0) is 36.6 Å². The smallest absolute Gasteiger partial charge is 0.416 e. The van der Waals surface area contributed by atoms with Gasteiger partial charge in [-0.2, -0.15) is 31.4 Å². The summed E-state index contributed by atoms with van der Waals surface area (Å²) in [4.78, 5) is 77.8. The highest BCUT2D eigenvalue weighted by Gasteiger charge is 2.72. The van der Waals surface area contributed by atoms with Crippen LogP contribution in [0.2, 0.25) is 0 Å². The van der Waals surface area contributed by atoms with Gasteiger partial charge in [0.1, 0.15) is 11.5 Å². The molecule has 5 aliphatic rings. The molecule has 3 saturated heterocycles. The predicted molar refractivity (Wildman–Crippen MR) is 220 cm³/mol. The largest absolute Gasteiger partial charge is 0.481 e. The van der Waals surface area contributed by atoms with E-state index in [0.29, 0.717) is 57.2 Å². The number of alkyl halides is 6. The molecular formula is C44H51F6N7O7S. The van der Waals surface area contributed by atoms with Gasteiger partial charge in [-0.05, 0) is 63.1 Å². The summed E-state index contributed by atoms with van der Waals surface area (Å²) < 4.78 is 89.2. The molecule has 352 valence electrons. The SMILES string of the molecule is C[C@@H](OCC1(C(=O)O)CCCCC1)[C@H](NC(=O)[C@@H]1CN(C(=O)c2cnn(Cc3ccc(C(F)(F)F)cc3)c2)CC12CN(C(=O)C1(C(F)(F)F)CC1)C2)C(=O)N1CCC(c2nccs2)CC1. The number of hydrogen-bond acceptors (Lipinski definition) is 9. The fourth-order valence-electron chi connectivity index (χ4n) is 10.1. The Morgan fingerprint density at radius 2 is 1.58 bits per heavy atom. The van der Waals surface area contributed by atoms with Crippen LogP contribution in [0.4, 0.5) is 26.3 Å². The zero-order valence-corrected chi connectivity index (χ0v) is 36.5. The van der Waals surface area contributed by atoms with Crippen molar-refractivity contribution in [3.05, 3.63) is 69.9 Å². The summed E-state index contributed by atoms with van der Waals surface area (Å²) in [6, 6.07) is 3.15. The Balaban J connectivity index is 1.02. The standard InChI is InChI=1S/C44H51F6N7O7S/c1-27(64-26-40(39(62)63)11-3-2-4-12-40)33(37(60)54-16-9-29(10-17-54)35-51-15-18-65-35)53-34(58)32-22-55(23-41(32)24-56(25-41)38(61)42(13-14-42)44(48,49)50)36(59)30-19-52-57(21-30)20-28-5-7-31(8-6-28)43(45,46)47/h5-8,15,18-19,21,27,29,32-33H,2-4,9-14,16-17,20,22-26H2,1H3,(H,53,58)(H,62,63)/t27-,32+,33+/m1/s1. The van der Waals surface area contributed by atoms with Gasteiger partial charge in [0.05, 0.1) is 52.9 Å². The molecule has 0 bridgehead atoms. The van der Waals surface area contributed by atoms with Crippen molar-refractivity contribution in [1.29, 1.82) is 0 Å². The van der Waals surface area contributed by atoms with E-state index in [4.69, 9.17) is 4.74 Å². The van der Waals surface area contributed by atoms with Crippen molar-refractivity contribution >= 4 is 40.9 Å². The molecule has 65 heavy (non-hydrogen) atoms. The van der Waals surface area contributed by atoms with Crippen molar-refractivity contribution in [2.45, 2.75) is 102 Å². The van der Waals surface area contributed by atoms with Crippen molar-refractivity contribution in [3.8, 4) is 0 Å². The number of benzene rings is 1. The molecule has 0 unspecified atom stereocenters. The quantitative estimate of drug-likeness (QED) is 0.196. The number of aliphatic carboxylic acids is 1. The molecule has 5 fully saturated rings.